The molecule has 35 heavy (non-hydrogen) atoms. The Balaban J connectivity index is 1.33. The number of carbonyl (C=O) groups excluding carboxylic acids is 1. The minimum Gasteiger partial charge on any atom is -0.348 e. The van der Waals surface area contributed by atoms with Gasteiger partial charge in [0, 0.05) is 43.6 Å². The molecule has 3 heterocycles. The fourth-order valence-electron chi connectivity index (χ4n) is 4.65. The maximum atomic E-state index is 12.6. The number of carbonyl (C=O) groups is 1. The molecule has 0 saturated carbocycles. The highest BCUT2D eigenvalue weighted by molar-refractivity contribution is 7.07. The van der Waals surface area contributed by atoms with Crippen LogP contribution in [-0.4, -0.2) is 25.8 Å². The number of thiazole rings is 1. The first-order valence-corrected chi connectivity index (χ1v) is 13.0. The summed E-state index contributed by atoms with van der Waals surface area (Å²) in [5.41, 5.74) is 8.16. The molecule has 8 heteroatoms. The number of amides is 1. The van der Waals surface area contributed by atoms with E-state index < -0.39 is 0 Å². The molecule has 1 aromatic carbocycles. The third kappa shape index (κ3) is 5.75. The fraction of sp³-hybridized carbons (Fsp3) is 0.259. The molecule has 1 aliphatic carbocycles. The molecule has 0 radical (unpaired) electrons. The van der Waals surface area contributed by atoms with Crippen molar-refractivity contribution in [1.82, 2.24) is 25.2 Å². The van der Waals surface area contributed by atoms with E-state index in [0.29, 0.717) is 17.1 Å². The van der Waals surface area contributed by atoms with Crippen LogP contribution < -0.4 is 5.32 Å². The van der Waals surface area contributed by atoms with Crippen LogP contribution in [0.5, 0.6) is 0 Å². The number of aromatic nitrogens is 3. The fourth-order valence-corrected chi connectivity index (χ4v) is 5.40. The van der Waals surface area contributed by atoms with E-state index in [0.717, 1.165) is 43.6 Å². The lowest BCUT2D eigenvalue weighted by Gasteiger charge is -2.34. The minimum absolute atomic E-state index is 0.210. The second-order valence-corrected chi connectivity index (χ2v) is 9.82. The molecular formula is C27H26ClN5OS. The monoisotopic (exact) mass is 503 g/mol. The van der Waals surface area contributed by atoms with Gasteiger partial charge in [-0.05, 0) is 48.1 Å². The molecule has 178 valence electrons. The number of aryl methyl sites for hydroxylation is 1. The van der Waals surface area contributed by atoms with Crippen LogP contribution in [-0.2, 0) is 26.1 Å². The first-order chi connectivity index (χ1) is 17.2. The number of fused-ring (bicyclic) bond motifs is 1. The molecule has 0 saturated heterocycles. The number of nitrogens with zero attached hydrogens (tertiary/aromatic N) is 4. The predicted molar refractivity (Wildman–Crippen MR) is 138 cm³/mol. The van der Waals surface area contributed by atoms with Gasteiger partial charge >= 0.3 is 0 Å². The van der Waals surface area contributed by atoms with Crippen LogP contribution in [0.15, 0.2) is 71.9 Å². The van der Waals surface area contributed by atoms with Crippen LogP contribution in [0.25, 0.3) is 0 Å². The van der Waals surface area contributed by atoms with Crippen LogP contribution >= 0.6 is 22.9 Å². The molecular weight excluding hydrogens is 478 g/mol. The van der Waals surface area contributed by atoms with E-state index in [1.54, 1.807) is 23.6 Å². The summed E-state index contributed by atoms with van der Waals surface area (Å²) in [6.07, 6.45) is 8.26. The van der Waals surface area contributed by atoms with Crippen molar-refractivity contribution in [3.05, 3.63) is 111 Å². The van der Waals surface area contributed by atoms with E-state index in [-0.39, 0.29) is 11.9 Å². The Bertz CT molecular complexity index is 1300. The Labute approximate surface area is 214 Å². The Morgan fingerprint density at radius 2 is 2.03 bits per heavy atom. The molecule has 1 aliphatic rings. The average molecular weight is 504 g/mol. The van der Waals surface area contributed by atoms with Gasteiger partial charge in [-0.25, -0.2) is 4.98 Å². The van der Waals surface area contributed by atoms with E-state index in [2.05, 4.69) is 43.8 Å². The van der Waals surface area contributed by atoms with Crippen LogP contribution in [0.2, 0.25) is 5.02 Å². The third-order valence-corrected chi connectivity index (χ3v) is 7.24. The van der Waals surface area contributed by atoms with Crippen molar-refractivity contribution in [2.75, 3.05) is 0 Å². The number of hydrogen-bond acceptors (Lipinski definition) is 6. The summed E-state index contributed by atoms with van der Waals surface area (Å²) in [7, 11) is 0. The van der Waals surface area contributed by atoms with E-state index in [9.17, 15) is 4.79 Å². The maximum absolute atomic E-state index is 12.6. The number of benzene rings is 1. The number of nitrogens with one attached hydrogen (secondary N) is 1. The quantitative estimate of drug-likeness (QED) is 0.339. The van der Waals surface area contributed by atoms with E-state index in [1.165, 1.54) is 23.0 Å². The highest BCUT2D eigenvalue weighted by Gasteiger charge is 2.27. The van der Waals surface area contributed by atoms with Gasteiger partial charge in [-0.2, -0.15) is 0 Å². The summed E-state index contributed by atoms with van der Waals surface area (Å²) in [4.78, 5) is 28.3. The molecule has 1 unspecified atom stereocenters. The van der Waals surface area contributed by atoms with Crippen LogP contribution in [0.4, 0.5) is 0 Å². The zero-order chi connectivity index (χ0) is 24.0. The number of rotatable bonds is 8. The lowest BCUT2D eigenvalue weighted by atomic mass is 9.90. The van der Waals surface area contributed by atoms with Crippen LogP contribution in [0, 0.1) is 0 Å². The van der Waals surface area contributed by atoms with Crippen molar-refractivity contribution in [1.29, 1.82) is 0 Å². The molecule has 0 spiro atoms. The smallest absolute Gasteiger partial charge is 0.253 e. The first kappa shape index (κ1) is 23.6. The summed E-state index contributed by atoms with van der Waals surface area (Å²) in [5, 5.41) is 5.43. The highest BCUT2D eigenvalue weighted by atomic mass is 35.5. The molecule has 0 fully saturated rings. The molecule has 4 aromatic rings. The maximum Gasteiger partial charge on any atom is 0.253 e. The van der Waals surface area contributed by atoms with E-state index in [1.807, 2.05) is 29.9 Å². The highest BCUT2D eigenvalue weighted by Crippen LogP contribution is 2.34. The van der Waals surface area contributed by atoms with Crippen molar-refractivity contribution < 1.29 is 4.79 Å². The summed E-state index contributed by atoms with van der Waals surface area (Å²) in [6.45, 7) is 1.97. The topological polar surface area (TPSA) is 71.0 Å². The van der Waals surface area contributed by atoms with Gasteiger partial charge in [0.15, 0.2) is 0 Å². The van der Waals surface area contributed by atoms with Crippen LogP contribution in [0.1, 0.15) is 57.3 Å². The standard InChI is InChI=1S/C27H26ClN5OS/c28-24-14-29-11-9-23(24)27(34)31-13-19-4-1-5-20(12-19)15-33(16-22-17-35-18-32-22)25-8-2-6-21-7-3-10-30-26(21)25/h1,3-5,7,9-12,14,17-18,25H,2,6,8,13,15-16H2,(H,31,34). The summed E-state index contributed by atoms with van der Waals surface area (Å²) in [6, 6.07) is 14.5. The zero-order valence-corrected chi connectivity index (χ0v) is 20.8. The molecule has 3 aromatic heterocycles. The largest absolute Gasteiger partial charge is 0.348 e. The van der Waals surface area contributed by atoms with Crippen molar-refractivity contribution in [3.8, 4) is 0 Å². The normalized spacial score (nSPS) is 15.1. The number of halogens is 1. The Hall–Kier alpha value is -3.13. The molecule has 5 rings (SSSR count). The minimum atomic E-state index is -0.210. The van der Waals surface area contributed by atoms with Crippen molar-refractivity contribution >= 4 is 28.8 Å². The SMILES string of the molecule is O=C(NCc1cccc(CN(Cc2cscn2)C2CCCc3cccnc32)c1)c1ccncc1Cl. The van der Waals surface area contributed by atoms with Gasteiger partial charge in [-0.15, -0.1) is 11.3 Å². The predicted octanol–water partition coefficient (Wildman–Crippen LogP) is 5.60. The lowest BCUT2D eigenvalue weighted by Crippen LogP contribution is -2.31. The van der Waals surface area contributed by atoms with Gasteiger partial charge in [0.05, 0.1) is 33.5 Å². The third-order valence-electron chi connectivity index (χ3n) is 6.30. The van der Waals surface area contributed by atoms with Crippen LogP contribution in [0.3, 0.4) is 0 Å². The first-order valence-electron chi connectivity index (χ1n) is 11.7. The number of pyridine rings is 2. The van der Waals surface area contributed by atoms with Gasteiger partial charge < -0.3 is 5.32 Å². The summed E-state index contributed by atoms with van der Waals surface area (Å²) >= 11 is 7.74. The summed E-state index contributed by atoms with van der Waals surface area (Å²) in [5.74, 6) is -0.210. The van der Waals surface area contributed by atoms with Crippen molar-refractivity contribution in [2.45, 2.75) is 44.9 Å². The molecule has 6 nitrogen and oxygen atoms in total. The number of hydrogen-bond donors (Lipinski definition) is 1. The van der Waals surface area contributed by atoms with Gasteiger partial charge in [0.1, 0.15) is 0 Å². The van der Waals surface area contributed by atoms with Gasteiger partial charge in [-0.1, -0.05) is 41.9 Å². The van der Waals surface area contributed by atoms with E-state index >= 15 is 0 Å². The average Bonchev–Trinajstić information content (AvgIpc) is 3.40. The molecule has 1 amide bonds. The van der Waals surface area contributed by atoms with Gasteiger partial charge in [0.2, 0.25) is 0 Å². The van der Waals surface area contributed by atoms with Crippen molar-refractivity contribution in [2.24, 2.45) is 0 Å². The zero-order valence-electron chi connectivity index (χ0n) is 19.2. The summed E-state index contributed by atoms with van der Waals surface area (Å²) < 4.78 is 0. The lowest BCUT2D eigenvalue weighted by molar-refractivity contribution is 0.0951. The Morgan fingerprint density at radius 1 is 1.11 bits per heavy atom. The van der Waals surface area contributed by atoms with Crippen molar-refractivity contribution in [3.63, 3.8) is 0 Å². The molecule has 1 N–H and O–H groups in total. The van der Waals surface area contributed by atoms with E-state index in [4.69, 9.17) is 16.6 Å². The molecule has 0 aliphatic heterocycles. The second-order valence-electron chi connectivity index (χ2n) is 8.70. The molecule has 1 atom stereocenters. The van der Waals surface area contributed by atoms with Gasteiger partial charge in [0.25, 0.3) is 5.91 Å². The Kier molecular flexibility index (Phi) is 7.47. The molecule has 0 bridgehead atoms. The van der Waals surface area contributed by atoms with Gasteiger partial charge in [-0.3, -0.25) is 19.7 Å². The second kappa shape index (κ2) is 11.1. The Morgan fingerprint density at radius 3 is 2.89 bits per heavy atom.